The van der Waals surface area contributed by atoms with Crippen molar-refractivity contribution in [1.82, 2.24) is 9.97 Å². The van der Waals surface area contributed by atoms with Crippen molar-refractivity contribution in [3.05, 3.63) is 64.4 Å². The normalized spacial score (nSPS) is 10.7. The smallest absolute Gasteiger partial charge is 0.338 e. The predicted octanol–water partition coefficient (Wildman–Crippen LogP) is 2.86. The summed E-state index contributed by atoms with van der Waals surface area (Å²) in [7, 11) is 0. The number of nitrogens with zero attached hydrogens (tertiary/aromatic N) is 1. The quantitative estimate of drug-likeness (QED) is 0.501. The van der Waals surface area contributed by atoms with E-state index < -0.39 is 5.97 Å². The number of aromatic amines is 1. The molecular formula is C19H19N3O4. The highest BCUT2D eigenvalue weighted by molar-refractivity contribution is 5.90. The van der Waals surface area contributed by atoms with Crippen LogP contribution in [0.4, 0.5) is 11.6 Å². The number of esters is 1. The maximum atomic E-state index is 12.1. The van der Waals surface area contributed by atoms with E-state index in [1.165, 1.54) is 0 Å². The summed E-state index contributed by atoms with van der Waals surface area (Å²) < 4.78 is 10.2. The Morgan fingerprint density at radius 3 is 2.65 bits per heavy atom. The molecule has 7 heteroatoms. The van der Waals surface area contributed by atoms with Gasteiger partial charge in [-0.25, -0.2) is 9.78 Å². The zero-order chi connectivity index (χ0) is 18.4. The summed E-state index contributed by atoms with van der Waals surface area (Å²) in [5.41, 5.74) is 1.52. The summed E-state index contributed by atoms with van der Waals surface area (Å²) in [6.07, 6.45) is 0. The first-order chi connectivity index (χ1) is 12.7. The summed E-state index contributed by atoms with van der Waals surface area (Å²) in [6.45, 7) is 3.06. The number of nitrogens with one attached hydrogen (secondary N) is 2. The molecule has 0 atom stereocenters. The van der Waals surface area contributed by atoms with Gasteiger partial charge in [-0.05, 0) is 43.3 Å². The molecule has 0 radical (unpaired) electrons. The molecule has 0 spiro atoms. The van der Waals surface area contributed by atoms with Crippen molar-refractivity contribution < 1.29 is 14.3 Å². The van der Waals surface area contributed by atoms with Crippen molar-refractivity contribution in [2.75, 3.05) is 25.1 Å². The van der Waals surface area contributed by atoms with Gasteiger partial charge < -0.3 is 14.8 Å². The second-order valence-electron chi connectivity index (χ2n) is 5.47. The zero-order valence-corrected chi connectivity index (χ0v) is 14.3. The fourth-order valence-electron chi connectivity index (χ4n) is 2.39. The van der Waals surface area contributed by atoms with E-state index in [4.69, 9.17) is 9.47 Å². The van der Waals surface area contributed by atoms with Crippen LogP contribution in [0.1, 0.15) is 17.3 Å². The lowest BCUT2D eigenvalue weighted by Crippen LogP contribution is -2.12. The van der Waals surface area contributed by atoms with Crippen LogP contribution >= 0.6 is 0 Å². The molecule has 0 aliphatic carbocycles. The van der Waals surface area contributed by atoms with Crippen LogP contribution < -0.4 is 10.9 Å². The fourth-order valence-corrected chi connectivity index (χ4v) is 2.39. The van der Waals surface area contributed by atoms with E-state index in [0.29, 0.717) is 41.3 Å². The molecule has 0 aliphatic rings. The summed E-state index contributed by atoms with van der Waals surface area (Å²) in [5, 5.41) is 3.55. The highest BCUT2D eigenvalue weighted by atomic mass is 16.6. The first-order valence-electron chi connectivity index (χ1n) is 8.28. The Morgan fingerprint density at radius 2 is 1.88 bits per heavy atom. The maximum Gasteiger partial charge on any atom is 0.338 e. The standard InChI is InChI=1S/C19H19N3O4/c1-2-25-11-12-26-18(24)13-7-9-14(10-8-13)20-19-21-16-6-4-3-5-15(16)17(23)22-19/h3-10H,2,11-12H2,1H3,(H2,20,21,22,23). The minimum Gasteiger partial charge on any atom is -0.460 e. The molecule has 3 aromatic rings. The van der Waals surface area contributed by atoms with E-state index in [2.05, 4.69) is 15.3 Å². The molecule has 1 aromatic heterocycles. The van der Waals surface area contributed by atoms with Gasteiger partial charge in [0.25, 0.3) is 5.56 Å². The Hall–Kier alpha value is -3.19. The molecule has 1 heterocycles. The van der Waals surface area contributed by atoms with Crippen LogP contribution in [0, 0.1) is 0 Å². The van der Waals surface area contributed by atoms with Gasteiger partial charge in [0.05, 0.1) is 23.1 Å². The van der Waals surface area contributed by atoms with Gasteiger partial charge in [-0.3, -0.25) is 9.78 Å². The second kappa shape index (κ2) is 8.26. The number of fused-ring (bicyclic) bond motifs is 1. The largest absolute Gasteiger partial charge is 0.460 e. The van der Waals surface area contributed by atoms with Crippen LogP contribution in [0.2, 0.25) is 0 Å². The Balaban J connectivity index is 1.68. The van der Waals surface area contributed by atoms with Gasteiger partial charge in [-0.15, -0.1) is 0 Å². The van der Waals surface area contributed by atoms with Crippen LogP contribution in [-0.4, -0.2) is 35.8 Å². The average Bonchev–Trinajstić information content (AvgIpc) is 2.66. The number of hydrogen-bond donors (Lipinski definition) is 2. The van der Waals surface area contributed by atoms with Crippen molar-refractivity contribution in [3.8, 4) is 0 Å². The van der Waals surface area contributed by atoms with Crippen LogP contribution in [0.3, 0.4) is 0 Å². The van der Waals surface area contributed by atoms with E-state index in [9.17, 15) is 9.59 Å². The number of anilines is 2. The molecule has 7 nitrogen and oxygen atoms in total. The Morgan fingerprint density at radius 1 is 1.12 bits per heavy atom. The molecule has 0 saturated carbocycles. The minimum absolute atomic E-state index is 0.215. The third kappa shape index (κ3) is 4.25. The van der Waals surface area contributed by atoms with Crippen molar-refractivity contribution in [3.63, 3.8) is 0 Å². The molecule has 2 aromatic carbocycles. The monoisotopic (exact) mass is 353 g/mol. The molecule has 134 valence electrons. The number of ether oxygens (including phenoxy) is 2. The first-order valence-corrected chi connectivity index (χ1v) is 8.28. The van der Waals surface area contributed by atoms with E-state index in [0.717, 1.165) is 0 Å². The first kappa shape index (κ1) is 17.6. The summed E-state index contributed by atoms with van der Waals surface area (Å²) >= 11 is 0. The van der Waals surface area contributed by atoms with Gasteiger partial charge in [-0.1, -0.05) is 12.1 Å². The van der Waals surface area contributed by atoms with Gasteiger partial charge >= 0.3 is 5.97 Å². The Labute approximate surface area is 150 Å². The molecule has 0 bridgehead atoms. The van der Waals surface area contributed by atoms with Crippen molar-refractivity contribution in [2.24, 2.45) is 0 Å². The van der Waals surface area contributed by atoms with Gasteiger partial charge in [0, 0.05) is 12.3 Å². The Bertz CT molecular complexity index is 951. The molecule has 2 N–H and O–H groups in total. The second-order valence-corrected chi connectivity index (χ2v) is 5.47. The van der Waals surface area contributed by atoms with E-state index in [1.807, 2.05) is 13.0 Å². The number of carbonyl (C=O) groups is 1. The number of para-hydroxylation sites is 1. The van der Waals surface area contributed by atoms with Crippen LogP contribution in [-0.2, 0) is 9.47 Å². The average molecular weight is 353 g/mol. The highest BCUT2D eigenvalue weighted by Crippen LogP contribution is 2.15. The zero-order valence-electron chi connectivity index (χ0n) is 14.3. The lowest BCUT2D eigenvalue weighted by atomic mass is 10.2. The summed E-state index contributed by atoms with van der Waals surface area (Å²) in [5.74, 6) is -0.0748. The van der Waals surface area contributed by atoms with Gasteiger partial charge in [-0.2, -0.15) is 0 Å². The third-order valence-corrected chi connectivity index (χ3v) is 3.66. The maximum absolute atomic E-state index is 12.1. The van der Waals surface area contributed by atoms with E-state index >= 15 is 0 Å². The minimum atomic E-state index is -0.409. The van der Waals surface area contributed by atoms with Crippen LogP contribution in [0.25, 0.3) is 10.9 Å². The van der Waals surface area contributed by atoms with Gasteiger partial charge in [0.15, 0.2) is 0 Å². The third-order valence-electron chi connectivity index (χ3n) is 3.66. The number of rotatable bonds is 7. The number of aromatic nitrogens is 2. The number of H-pyrrole nitrogens is 1. The molecule has 0 fully saturated rings. The molecule has 26 heavy (non-hydrogen) atoms. The van der Waals surface area contributed by atoms with E-state index in [1.54, 1.807) is 42.5 Å². The van der Waals surface area contributed by atoms with Crippen molar-refractivity contribution in [2.45, 2.75) is 6.92 Å². The molecule has 0 aliphatic heterocycles. The molecule has 0 saturated heterocycles. The van der Waals surface area contributed by atoms with Crippen molar-refractivity contribution in [1.29, 1.82) is 0 Å². The summed E-state index contributed by atoms with van der Waals surface area (Å²) in [4.78, 5) is 31.1. The van der Waals surface area contributed by atoms with Crippen LogP contribution in [0.15, 0.2) is 53.3 Å². The van der Waals surface area contributed by atoms with Crippen LogP contribution in [0.5, 0.6) is 0 Å². The number of carbonyl (C=O) groups excluding carboxylic acids is 1. The van der Waals surface area contributed by atoms with E-state index in [-0.39, 0.29) is 12.2 Å². The molecule has 0 unspecified atom stereocenters. The molecular weight excluding hydrogens is 334 g/mol. The molecule has 3 rings (SSSR count). The lowest BCUT2D eigenvalue weighted by Gasteiger charge is -2.08. The Kier molecular flexibility index (Phi) is 5.60. The number of benzene rings is 2. The molecule has 0 amide bonds. The van der Waals surface area contributed by atoms with Gasteiger partial charge in [0.2, 0.25) is 5.95 Å². The lowest BCUT2D eigenvalue weighted by molar-refractivity contribution is 0.0335. The fraction of sp³-hybridized carbons (Fsp3) is 0.211. The summed E-state index contributed by atoms with van der Waals surface area (Å²) in [6, 6.07) is 13.8. The van der Waals surface area contributed by atoms with Crippen molar-refractivity contribution >= 4 is 28.5 Å². The topological polar surface area (TPSA) is 93.3 Å². The highest BCUT2D eigenvalue weighted by Gasteiger charge is 2.08. The van der Waals surface area contributed by atoms with Gasteiger partial charge in [0.1, 0.15) is 6.61 Å². The predicted molar refractivity (Wildman–Crippen MR) is 98.9 cm³/mol. The SMILES string of the molecule is CCOCCOC(=O)c1ccc(Nc2nc3ccccc3c(=O)[nH]2)cc1. The number of hydrogen-bond acceptors (Lipinski definition) is 6.